The molecular weight excluding hydrogens is 330 g/mol. The number of aliphatic hydroxyl groups excluding tert-OH is 1. The van der Waals surface area contributed by atoms with Gasteiger partial charge in [-0.05, 0) is 24.5 Å². The van der Waals surface area contributed by atoms with Crippen LogP contribution < -0.4 is 9.47 Å². The molecule has 0 fully saturated rings. The lowest BCUT2D eigenvalue weighted by Crippen LogP contribution is -2.43. The van der Waals surface area contributed by atoms with E-state index in [4.69, 9.17) is 9.47 Å². The van der Waals surface area contributed by atoms with Crippen LogP contribution >= 0.6 is 0 Å². The van der Waals surface area contributed by atoms with Crippen LogP contribution in [0, 0.1) is 0 Å². The van der Waals surface area contributed by atoms with Gasteiger partial charge in [0.2, 0.25) is 5.91 Å². The number of carbonyl (C=O) groups excluding carboxylic acids is 1. The Morgan fingerprint density at radius 3 is 3.15 bits per heavy atom. The van der Waals surface area contributed by atoms with Crippen molar-refractivity contribution in [2.75, 3.05) is 13.7 Å². The highest BCUT2D eigenvalue weighted by atomic mass is 16.5. The third kappa shape index (κ3) is 2.53. The molecule has 0 saturated carbocycles. The Morgan fingerprint density at radius 2 is 2.38 bits per heavy atom. The Kier molecular flexibility index (Phi) is 4.27. The predicted molar refractivity (Wildman–Crippen MR) is 98.3 cm³/mol. The zero-order valence-electron chi connectivity index (χ0n) is 15.1. The number of carbonyl (C=O) groups is 1. The number of ether oxygens (including phenoxy) is 2. The number of hydrogen-bond acceptors (Lipinski definition) is 4. The van der Waals surface area contributed by atoms with E-state index in [9.17, 15) is 9.90 Å². The highest BCUT2D eigenvalue weighted by Crippen LogP contribution is 2.55. The summed E-state index contributed by atoms with van der Waals surface area (Å²) in [5, 5.41) is 10.1. The largest absolute Gasteiger partial charge is 0.493 e. The van der Waals surface area contributed by atoms with E-state index in [0.29, 0.717) is 38.1 Å². The molecule has 3 aliphatic rings. The smallest absolute Gasteiger partial charge is 0.223 e. The van der Waals surface area contributed by atoms with Crippen molar-refractivity contribution in [2.45, 2.75) is 49.9 Å². The molecule has 1 aromatic carbocycles. The fourth-order valence-electron chi connectivity index (χ4n) is 4.53. The van der Waals surface area contributed by atoms with Crippen LogP contribution in [0.5, 0.6) is 11.5 Å². The molecule has 1 spiro atoms. The number of nitrogens with zero attached hydrogens (tertiary/aromatic N) is 1. The van der Waals surface area contributed by atoms with Gasteiger partial charge in [-0.1, -0.05) is 24.3 Å². The van der Waals surface area contributed by atoms with Crippen LogP contribution in [0.15, 0.2) is 36.9 Å². The molecule has 5 heteroatoms. The quantitative estimate of drug-likeness (QED) is 0.844. The second-order valence-electron chi connectivity index (χ2n) is 7.33. The van der Waals surface area contributed by atoms with Crippen LogP contribution in [-0.2, 0) is 16.8 Å². The lowest BCUT2D eigenvalue weighted by molar-refractivity contribution is -0.131. The van der Waals surface area contributed by atoms with Crippen molar-refractivity contribution in [3.8, 4) is 11.5 Å². The molecule has 0 radical (unpaired) electrons. The first-order chi connectivity index (χ1) is 12.6. The fourth-order valence-corrected chi connectivity index (χ4v) is 4.53. The minimum Gasteiger partial charge on any atom is -0.493 e. The molecule has 1 aliphatic carbocycles. The molecule has 3 atom stereocenters. The van der Waals surface area contributed by atoms with E-state index in [1.165, 1.54) is 0 Å². The van der Waals surface area contributed by atoms with Crippen molar-refractivity contribution in [1.29, 1.82) is 0 Å². The second-order valence-corrected chi connectivity index (χ2v) is 7.33. The first-order valence-corrected chi connectivity index (χ1v) is 9.22. The SMILES string of the molecule is C=CCCC(=O)N1CCC23C=C[C@H](O)CC2Oc2c(OC)ccc(c23)C1. The van der Waals surface area contributed by atoms with Crippen LogP contribution in [0.4, 0.5) is 0 Å². The minimum atomic E-state index is -0.497. The third-order valence-corrected chi connectivity index (χ3v) is 5.87. The van der Waals surface area contributed by atoms with Gasteiger partial charge in [-0.3, -0.25) is 4.79 Å². The van der Waals surface area contributed by atoms with E-state index in [1.807, 2.05) is 23.1 Å². The van der Waals surface area contributed by atoms with Gasteiger partial charge in [0.25, 0.3) is 0 Å². The zero-order valence-corrected chi connectivity index (χ0v) is 15.1. The normalized spacial score (nSPS) is 28.6. The topological polar surface area (TPSA) is 59.0 Å². The van der Waals surface area contributed by atoms with Crippen molar-refractivity contribution in [2.24, 2.45) is 0 Å². The number of allylic oxidation sites excluding steroid dienone is 1. The van der Waals surface area contributed by atoms with Crippen LogP contribution in [-0.4, -0.2) is 41.8 Å². The van der Waals surface area contributed by atoms with Crippen molar-refractivity contribution in [1.82, 2.24) is 4.90 Å². The molecule has 2 heterocycles. The maximum absolute atomic E-state index is 12.6. The van der Waals surface area contributed by atoms with Crippen molar-refractivity contribution in [3.05, 3.63) is 48.1 Å². The molecule has 138 valence electrons. The standard InChI is InChI=1S/C21H25NO4/c1-3-4-5-18(24)22-11-10-21-9-8-15(23)12-17(21)26-20-16(25-2)7-6-14(13-22)19(20)21/h3,6-9,15,17,23H,1,4-5,10-13H2,2H3/t15-,17?,21?/m0/s1. The van der Waals surface area contributed by atoms with Gasteiger partial charge in [0.05, 0.1) is 18.6 Å². The van der Waals surface area contributed by atoms with E-state index >= 15 is 0 Å². The van der Waals surface area contributed by atoms with Crippen LogP contribution in [0.3, 0.4) is 0 Å². The van der Waals surface area contributed by atoms with Crippen molar-refractivity contribution < 1.29 is 19.4 Å². The number of amides is 1. The summed E-state index contributed by atoms with van der Waals surface area (Å²) in [5.41, 5.74) is 1.93. The number of aliphatic hydroxyl groups is 1. The minimum absolute atomic E-state index is 0.129. The summed E-state index contributed by atoms with van der Waals surface area (Å²) in [7, 11) is 1.64. The Balaban J connectivity index is 1.78. The first kappa shape index (κ1) is 17.2. The molecular formula is C21H25NO4. The summed E-state index contributed by atoms with van der Waals surface area (Å²) in [4.78, 5) is 14.6. The van der Waals surface area contributed by atoms with E-state index in [1.54, 1.807) is 13.2 Å². The lowest BCUT2D eigenvalue weighted by atomic mass is 9.69. The van der Waals surface area contributed by atoms with Gasteiger partial charge < -0.3 is 19.5 Å². The molecule has 0 bridgehead atoms. The van der Waals surface area contributed by atoms with Gasteiger partial charge in [-0.25, -0.2) is 0 Å². The summed E-state index contributed by atoms with van der Waals surface area (Å²) in [5.74, 6) is 1.64. The number of rotatable bonds is 4. The summed E-state index contributed by atoms with van der Waals surface area (Å²) in [6.07, 6.45) is 7.64. The molecule has 26 heavy (non-hydrogen) atoms. The van der Waals surface area contributed by atoms with Crippen LogP contribution in [0.25, 0.3) is 0 Å². The van der Waals surface area contributed by atoms with Crippen LogP contribution in [0.2, 0.25) is 0 Å². The molecule has 2 aliphatic heterocycles. The monoisotopic (exact) mass is 355 g/mol. The van der Waals surface area contributed by atoms with Gasteiger partial charge in [0.15, 0.2) is 11.5 Å². The Hall–Kier alpha value is -2.27. The predicted octanol–water partition coefficient (Wildman–Crippen LogP) is 2.71. The lowest BCUT2D eigenvalue weighted by Gasteiger charge is -2.35. The Labute approximate surface area is 153 Å². The van der Waals surface area contributed by atoms with Gasteiger partial charge in [-0.15, -0.1) is 6.58 Å². The van der Waals surface area contributed by atoms with Gasteiger partial charge in [0, 0.05) is 31.5 Å². The fraction of sp³-hybridized carbons (Fsp3) is 0.476. The number of benzene rings is 1. The van der Waals surface area contributed by atoms with Crippen molar-refractivity contribution >= 4 is 5.91 Å². The Bertz CT molecular complexity index is 772. The molecule has 0 saturated heterocycles. The van der Waals surface area contributed by atoms with E-state index in [-0.39, 0.29) is 17.4 Å². The van der Waals surface area contributed by atoms with Crippen LogP contribution in [0.1, 0.15) is 36.8 Å². The van der Waals surface area contributed by atoms with Crippen molar-refractivity contribution in [3.63, 3.8) is 0 Å². The maximum Gasteiger partial charge on any atom is 0.223 e. The highest BCUT2D eigenvalue weighted by molar-refractivity contribution is 5.77. The third-order valence-electron chi connectivity index (χ3n) is 5.87. The summed E-state index contributed by atoms with van der Waals surface area (Å²) in [6.45, 7) is 4.96. The van der Waals surface area contributed by atoms with E-state index in [0.717, 1.165) is 23.3 Å². The number of hydrogen-bond donors (Lipinski definition) is 1. The molecule has 1 N–H and O–H groups in total. The zero-order chi connectivity index (χ0) is 18.3. The molecule has 5 nitrogen and oxygen atoms in total. The average molecular weight is 355 g/mol. The summed E-state index contributed by atoms with van der Waals surface area (Å²) in [6, 6.07) is 3.96. The molecule has 0 aromatic heterocycles. The number of methoxy groups -OCH3 is 1. The summed E-state index contributed by atoms with van der Waals surface area (Å²) >= 11 is 0. The molecule has 2 unspecified atom stereocenters. The van der Waals surface area contributed by atoms with Gasteiger partial charge >= 0.3 is 0 Å². The maximum atomic E-state index is 12.6. The molecule has 4 rings (SSSR count). The molecule has 1 amide bonds. The Morgan fingerprint density at radius 1 is 1.54 bits per heavy atom. The van der Waals surface area contributed by atoms with Gasteiger partial charge in [-0.2, -0.15) is 0 Å². The highest BCUT2D eigenvalue weighted by Gasteiger charge is 2.53. The molecule has 1 aromatic rings. The first-order valence-electron chi connectivity index (χ1n) is 9.22. The summed E-state index contributed by atoms with van der Waals surface area (Å²) < 4.78 is 11.8. The van der Waals surface area contributed by atoms with E-state index in [2.05, 4.69) is 12.7 Å². The average Bonchev–Trinajstić information content (AvgIpc) is 2.87. The second kappa shape index (κ2) is 6.47. The van der Waals surface area contributed by atoms with E-state index < -0.39 is 6.10 Å². The van der Waals surface area contributed by atoms with Gasteiger partial charge in [0.1, 0.15) is 6.10 Å².